The zero-order valence-electron chi connectivity index (χ0n) is 57.3. The van der Waals surface area contributed by atoms with E-state index in [1.807, 2.05) is 45.3 Å². The molecule has 0 aromatic carbocycles. The zero-order chi connectivity index (χ0) is 61.5. The van der Waals surface area contributed by atoms with Crippen LogP contribution in [0.1, 0.15) is 342 Å². The molecule has 4 heterocycles. The van der Waals surface area contributed by atoms with Crippen molar-refractivity contribution in [2.75, 3.05) is 0 Å². The summed E-state index contributed by atoms with van der Waals surface area (Å²) in [6.07, 6.45) is 60.2. The van der Waals surface area contributed by atoms with E-state index in [0.717, 1.165) is 37.5 Å². The molecule has 88 heavy (non-hydrogen) atoms. The fourth-order valence-electron chi connectivity index (χ4n) is 19.4. The molecule has 0 bridgehead atoms. The second kappa shape index (κ2) is 37.9. The Morgan fingerprint density at radius 2 is 0.625 bits per heavy atom. The highest BCUT2D eigenvalue weighted by molar-refractivity contribution is 7.26. The number of carbonyl (C=O) groups excluding carboxylic acids is 2. The maximum atomic E-state index is 15.7. The van der Waals surface area contributed by atoms with E-state index in [1.54, 1.807) is 0 Å². The summed E-state index contributed by atoms with van der Waals surface area (Å²) in [4.78, 5) is 41.9. The summed E-state index contributed by atoms with van der Waals surface area (Å²) in [7, 11) is 0. The predicted molar refractivity (Wildman–Crippen MR) is 388 cm³/mol. The number of hydrogen-bond acceptors (Lipinski definition) is 6. The summed E-state index contributed by atoms with van der Waals surface area (Å²) >= 11 is 7.70. The maximum absolute atomic E-state index is 15.7. The maximum Gasteiger partial charge on any atom is 0.144 e. The van der Waals surface area contributed by atoms with Crippen LogP contribution >= 0.6 is 45.3 Å². The normalized spacial score (nSPS) is 26.6. The first kappa shape index (κ1) is 70.5. The van der Waals surface area contributed by atoms with Crippen molar-refractivity contribution in [2.45, 2.75) is 336 Å². The van der Waals surface area contributed by atoms with E-state index >= 15 is 9.59 Å². The molecule has 5 saturated carbocycles. The lowest BCUT2D eigenvalue weighted by Crippen LogP contribution is -2.51. The van der Waals surface area contributed by atoms with Gasteiger partial charge in [-0.3, -0.25) is 9.59 Å². The van der Waals surface area contributed by atoms with Crippen molar-refractivity contribution in [1.82, 2.24) is 0 Å². The molecule has 0 aliphatic heterocycles. The van der Waals surface area contributed by atoms with Crippen LogP contribution in [0, 0.1) is 84.9 Å². The molecule has 2 nitrogen and oxygen atoms in total. The van der Waals surface area contributed by atoms with E-state index in [2.05, 4.69) is 90.1 Å². The van der Waals surface area contributed by atoms with Crippen LogP contribution in [0.15, 0.2) is 48.5 Å². The lowest BCUT2D eigenvalue weighted by Gasteiger charge is -2.57. The molecule has 14 unspecified atom stereocenters. The van der Waals surface area contributed by atoms with Crippen molar-refractivity contribution in [1.29, 1.82) is 0 Å². The Labute approximate surface area is 557 Å². The van der Waals surface area contributed by atoms with Crippen molar-refractivity contribution in [2.24, 2.45) is 71.0 Å². The standard InChI is InChI=1S/C82H128O2S4/c1-7-11-15-19-23-25-27-29-33-37-41-61(39-35-31-21-17-13-9-3)51-63-53-71-69(57-73(81(71)83)75-45-43-59(5)85-75)67-55-66-64(52-62(40-36-32-22-18-14-10-4)42-38-34-30-28-26-24-20-16-12-8-2)54-72-70(68(66)56-65(63)67)58-74(82(72)84)76-47-48-79(87-76)80-50-49-78(88-80)77-46-44-60(6)86-77/h43-50,61-74H,7-42,51-58H2,1-6H3. The highest BCUT2D eigenvalue weighted by Gasteiger charge is 2.61. The first-order chi connectivity index (χ1) is 43.2. The van der Waals surface area contributed by atoms with Gasteiger partial charge in [0.05, 0.1) is 11.8 Å². The smallest absolute Gasteiger partial charge is 0.144 e. The van der Waals surface area contributed by atoms with E-state index in [-0.39, 0.29) is 23.7 Å². The fourth-order valence-corrected chi connectivity index (χ4v) is 23.6. The Bertz CT molecular complexity index is 2570. The van der Waals surface area contributed by atoms with Gasteiger partial charge >= 0.3 is 0 Å². The fraction of sp³-hybridized carbons (Fsp3) is 0.780. The molecular formula is C82H128O2S4. The summed E-state index contributed by atoms with van der Waals surface area (Å²) in [5.41, 5.74) is 0. The molecule has 5 aliphatic rings. The summed E-state index contributed by atoms with van der Waals surface area (Å²) < 4.78 is 0. The number of ketones is 2. The van der Waals surface area contributed by atoms with Gasteiger partial charge in [0.25, 0.3) is 0 Å². The number of rotatable bonds is 44. The number of hydrogen-bond donors (Lipinski definition) is 0. The quantitative estimate of drug-likeness (QED) is 0.0414. The van der Waals surface area contributed by atoms with Gasteiger partial charge in [0.1, 0.15) is 11.6 Å². The van der Waals surface area contributed by atoms with E-state index in [0.29, 0.717) is 58.9 Å². The van der Waals surface area contributed by atoms with Crippen LogP contribution in [0.3, 0.4) is 0 Å². The molecule has 0 amide bonds. The van der Waals surface area contributed by atoms with Crippen LogP contribution in [0.2, 0.25) is 0 Å². The van der Waals surface area contributed by atoms with Crippen LogP contribution in [0.25, 0.3) is 19.5 Å². The van der Waals surface area contributed by atoms with Gasteiger partial charge in [-0.1, -0.05) is 259 Å². The van der Waals surface area contributed by atoms with Crippen molar-refractivity contribution in [3.8, 4) is 19.5 Å². The molecule has 4 aromatic rings. The number of aryl methyl sites for hydroxylation is 2. The molecule has 5 fully saturated rings. The Balaban J connectivity index is 0.983. The molecule has 5 aliphatic carbocycles. The topological polar surface area (TPSA) is 34.1 Å². The van der Waals surface area contributed by atoms with Gasteiger partial charge in [0.15, 0.2) is 0 Å². The van der Waals surface area contributed by atoms with E-state index in [4.69, 9.17) is 0 Å². The van der Waals surface area contributed by atoms with Crippen molar-refractivity contribution >= 4 is 56.9 Å². The summed E-state index contributed by atoms with van der Waals surface area (Å²) in [6.45, 7) is 13.8. The Hall–Kier alpha value is -1.86. The van der Waals surface area contributed by atoms with Crippen molar-refractivity contribution < 1.29 is 9.59 Å². The minimum atomic E-state index is 0.0487. The van der Waals surface area contributed by atoms with E-state index in [1.165, 1.54) is 296 Å². The molecule has 4 aromatic heterocycles. The average molecular weight is 1270 g/mol. The lowest BCUT2D eigenvalue weighted by atomic mass is 9.47. The number of Topliss-reactive ketones (excluding diaryl/α,β-unsaturated/α-hetero) is 2. The van der Waals surface area contributed by atoms with Crippen molar-refractivity contribution in [3.63, 3.8) is 0 Å². The van der Waals surface area contributed by atoms with Crippen LogP contribution in [-0.2, 0) is 9.59 Å². The zero-order valence-corrected chi connectivity index (χ0v) is 60.5. The molecule has 6 heteroatoms. The SMILES string of the molecule is CCCCCCCCCCCCC(CCCCCCCC)CC1CC2C(=O)C(c3ccc(C)s3)CC2C2CC3C(CC(CCCCCCCC)CCCCCCCCCCCC)CC4C(=O)C(c5ccc(-c6ccc(-c7ccc(C)s7)s6)s5)CC4C3CC12. The van der Waals surface area contributed by atoms with Gasteiger partial charge in [-0.2, -0.15) is 0 Å². The second-order valence-electron chi connectivity index (χ2n) is 30.5. The van der Waals surface area contributed by atoms with Crippen LogP contribution in [0.5, 0.6) is 0 Å². The molecule has 14 atom stereocenters. The van der Waals surface area contributed by atoms with Gasteiger partial charge in [-0.25, -0.2) is 0 Å². The number of carbonyl (C=O) groups is 2. The van der Waals surface area contributed by atoms with Gasteiger partial charge < -0.3 is 0 Å². The van der Waals surface area contributed by atoms with Crippen molar-refractivity contribution in [3.05, 3.63) is 68.0 Å². The second-order valence-corrected chi connectivity index (χ2v) is 35.3. The first-order valence-corrected chi connectivity index (χ1v) is 41.8. The number of unbranched alkanes of at least 4 members (excludes halogenated alkanes) is 28. The highest BCUT2D eigenvalue weighted by Crippen LogP contribution is 2.66. The predicted octanol–water partition coefficient (Wildman–Crippen LogP) is 27.6. The van der Waals surface area contributed by atoms with E-state index < -0.39 is 0 Å². The third-order valence-corrected chi connectivity index (χ3v) is 28.9. The molecule has 0 spiro atoms. The van der Waals surface area contributed by atoms with Crippen LogP contribution < -0.4 is 0 Å². The largest absolute Gasteiger partial charge is 0.299 e. The monoisotopic (exact) mass is 1270 g/mol. The lowest BCUT2D eigenvalue weighted by molar-refractivity contribution is -0.133. The molecule has 0 saturated heterocycles. The molecular weight excluding hydrogens is 1150 g/mol. The van der Waals surface area contributed by atoms with E-state index in [9.17, 15) is 0 Å². The summed E-state index contributed by atoms with van der Waals surface area (Å²) in [6, 6.07) is 18.6. The average Bonchev–Trinajstić information content (AvgIpc) is 1.47. The van der Waals surface area contributed by atoms with Crippen LogP contribution in [0.4, 0.5) is 0 Å². The number of thiophene rings is 4. The number of fused-ring (bicyclic) bond motifs is 6. The van der Waals surface area contributed by atoms with Gasteiger partial charge in [-0.15, -0.1) is 45.3 Å². The van der Waals surface area contributed by atoms with Gasteiger partial charge in [-0.05, 0) is 173 Å². The van der Waals surface area contributed by atoms with Gasteiger partial charge in [0.2, 0.25) is 0 Å². The summed E-state index contributed by atoms with van der Waals surface area (Å²) in [5, 5.41) is 0. The minimum absolute atomic E-state index is 0.0487. The Kier molecular flexibility index (Phi) is 30.3. The minimum Gasteiger partial charge on any atom is -0.299 e. The Morgan fingerprint density at radius 1 is 0.318 bits per heavy atom. The van der Waals surface area contributed by atoms with Crippen LogP contribution in [-0.4, -0.2) is 11.6 Å². The summed E-state index contributed by atoms with van der Waals surface area (Å²) in [5.74, 6) is 8.46. The molecule has 9 rings (SSSR count). The molecule has 0 radical (unpaired) electrons. The third kappa shape index (κ3) is 20.1. The van der Waals surface area contributed by atoms with Gasteiger partial charge in [0, 0.05) is 50.9 Å². The first-order valence-electron chi connectivity index (χ1n) is 38.6. The molecule has 492 valence electrons. The molecule has 0 N–H and O–H groups in total. The third-order valence-electron chi connectivity index (χ3n) is 24.1. The highest BCUT2D eigenvalue weighted by atomic mass is 32.1. The Morgan fingerprint density at radius 3 is 0.989 bits per heavy atom.